The van der Waals surface area contributed by atoms with Crippen LogP contribution in [0.1, 0.15) is 85.5 Å². The second kappa shape index (κ2) is 6.93. The van der Waals surface area contributed by atoms with Crippen molar-refractivity contribution in [2.45, 2.75) is 91.1 Å². The predicted molar refractivity (Wildman–Crippen MR) is 112 cm³/mol. The maximum absolute atomic E-state index is 12.2. The highest BCUT2D eigenvalue weighted by molar-refractivity contribution is 5.91. The smallest absolute Gasteiger partial charge is 0.303 e. The first-order valence-corrected chi connectivity index (χ1v) is 11.7. The summed E-state index contributed by atoms with van der Waals surface area (Å²) in [6.45, 7) is 9.16. The summed E-state index contributed by atoms with van der Waals surface area (Å²) in [6, 6.07) is 0. The van der Waals surface area contributed by atoms with Gasteiger partial charge in [0.25, 0.3) is 0 Å². The first-order chi connectivity index (χ1) is 13.5. The van der Waals surface area contributed by atoms with Gasteiger partial charge in [0.15, 0.2) is 5.78 Å². The van der Waals surface area contributed by atoms with Crippen molar-refractivity contribution in [3.05, 3.63) is 11.6 Å². The zero-order valence-corrected chi connectivity index (χ0v) is 18.5. The highest BCUT2D eigenvalue weighted by Gasteiger charge is 2.67. The number of aliphatic carboxylic acids is 1. The summed E-state index contributed by atoms with van der Waals surface area (Å²) in [5, 5.41) is 21.4. The quantitative estimate of drug-likeness (QED) is 0.694. The van der Waals surface area contributed by atoms with E-state index < -0.39 is 11.6 Å². The van der Waals surface area contributed by atoms with Crippen LogP contribution < -0.4 is 0 Å². The van der Waals surface area contributed by atoms with Gasteiger partial charge in [0.1, 0.15) is 0 Å². The molecule has 162 valence electrons. The Bertz CT molecular complexity index is 741. The van der Waals surface area contributed by atoms with Gasteiger partial charge in [0.2, 0.25) is 0 Å². The van der Waals surface area contributed by atoms with Gasteiger partial charge < -0.3 is 10.2 Å². The summed E-state index contributed by atoms with van der Waals surface area (Å²) in [7, 11) is 0. The first-order valence-electron chi connectivity index (χ1n) is 11.7. The number of carboxylic acid groups (broad SMARTS) is 1. The molecule has 0 aliphatic heterocycles. The summed E-state index contributed by atoms with van der Waals surface area (Å²) in [5.74, 6) is 1.61. The molecule has 4 unspecified atom stereocenters. The maximum atomic E-state index is 12.2. The summed E-state index contributed by atoms with van der Waals surface area (Å²) >= 11 is 0. The lowest BCUT2D eigenvalue weighted by atomic mass is 9.42. The number of carbonyl (C=O) groups excluding carboxylic acids is 1. The molecule has 8 atom stereocenters. The Morgan fingerprint density at radius 3 is 2.66 bits per heavy atom. The Kier molecular flexibility index (Phi) is 5.04. The summed E-state index contributed by atoms with van der Waals surface area (Å²) < 4.78 is 0. The molecule has 0 aromatic heterocycles. The monoisotopic (exact) mass is 402 g/mol. The molecule has 29 heavy (non-hydrogen) atoms. The average Bonchev–Trinajstić information content (AvgIpc) is 2.99. The van der Waals surface area contributed by atoms with E-state index in [9.17, 15) is 14.7 Å². The van der Waals surface area contributed by atoms with E-state index in [1.165, 1.54) is 5.57 Å². The minimum Gasteiger partial charge on any atom is -0.481 e. The summed E-state index contributed by atoms with van der Waals surface area (Å²) in [4.78, 5) is 23.2. The van der Waals surface area contributed by atoms with Crippen LogP contribution in [0.5, 0.6) is 0 Å². The van der Waals surface area contributed by atoms with Crippen LogP contribution in [0.4, 0.5) is 0 Å². The third kappa shape index (κ3) is 2.96. The zero-order valence-electron chi connectivity index (χ0n) is 18.5. The van der Waals surface area contributed by atoms with E-state index in [0.29, 0.717) is 30.1 Å². The number of hydrogen-bond donors (Lipinski definition) is 2. The van der Waals surface area contributed by atoms with E-state index in [1.807, 2.05) is 6.08 Å². The second-order valence-corrected chi connectivity index (χ2v) is 11.3. The molecule has 4 aliphatic carbocycles. The Hall–Kier alpha value is -1.16. The number of aliphatic hydroxyl groups is 1. The molecule has 4 aliphatic rings. The molecule has 4 nitrogen and oxygen atoms in total. The number of hydrogen-bond acceptors (Lipinski definition) is 3. The maximum Gasteiger partial charge on any atom is 0.303 e. The standard InChI is InChI=1S/C25H38O4/c1-15(5-8-21(27)28)19-6-7-20-22-16(2)13-17-14-18(26)9-10-24(17,4)25(22,29)12-11-23(19,20)3/h14-16,19-20,22,29H,5-13H2,1-4H3,(H,27,28)/t15-,16?,19?,20?,22?,23-,24+,25-/m1/s1. The minimum absolute atomic E-state index is 0.186. The molecule has 3 saturated carbocycles. The van der Waals surface area contributed by atoms with E-state index in [2.05, 4.69) is 27.7 Å². The number of carboxylic acids is 1. The van der Waals surface area contributed by atoms with E-state index >= 15 is 0 Å². The molecule has 0 amide bonds. The van der Waals surface area contributed by atoms with Crippen LogP contribution in [0.25, 0.3) is 0 Å². The van der Waals surface area contributed by atoms with Crippen LogP contribution in [-0.2, 0) is 9.59 Å². The number of ketones is 1. The van der Waals surface area contributed by atoms with E-state index in [1.54, 1.807) is 0 Å². The molecular formula is C25H38O4. The number of rotatable bonds is 4. The molecule has 3 fully saturated rings. The molecule has 0 aromatic rings. The molecule has 0 saturated heterocycles. The molecule has 4 rings (SSSR count). The van der Waals surface area contributed by atoms with Crippen molar-refractivity contribution in [3.63, 3.8) is 0 Å². The fourth-order valence-electron chi connectivity index (χ4n) is 8.42. The van der Waals surface area contributed by atoms with Crippen molar-refractivity contribution in [1.29, 1.82) is 0 Å². The Morgan fingerprint density at radius 2 is 1.97 bits per heavy atom. The van der Waals surface area contributed by atoms with Crippen molar-refractivity contribution in [1.82, 2.24) is 0 Å². The fourth-order valence-corrected chi connectivity index (χ4v) is 8.42. The largest absolute Gasteiger partial charge is 0.481 e. The molecular weight excluding hydrogens is 364 g/mol. The lowest BCUT2D eigenvalue weighted by Gasteiger charge is -2.65. The lowest BCUT2D eigenvalue weighted by molar-refractivity contribution is -0.208. The van der Waals surface area contributed by atoms with Crippen molar-refractivity contribution in [2.75, 3.05) is 0 Å². The Balaban J connectivity index is 1.65. The van der Waals surface area contributed by atoms with Crippen molar-refractivity contribution in [2.24, 2.45) is 40.4 Å². The topological polar surface area (TPSA) is 74.6 Å². The van der Waals surface area contributed by atoms with Gasteiger partial charge in [0, 0.05) is 18.3 Å². The number of fused-ring (bicyclic) bond motifs is 5. The molecule has 0 aromatic carbocycles. The van der Waals surface area contributed by atoms with Gasteiger partial charge in [0.05, 0.1) is 5.60 Å². The highest BCUT2D eigenvalue weighted by atomic mass is 16.4. The third-order valence-corrected chi connectivity index (χ3v) is 10.0. The average molecular weight is 403 g/mol. The SMILES string of the molecule is CC1CC2=CC(=O)CC[C@]2(C)[C@@]2(O)CC[C@@]3(C)C(CCC3[C@H](C)CCC(=O)O)C12. The van der Waals surface area contributed by atoms with Gasteiger partial charge in [-0.3, -0.25) is 9.59 Å². The van der Waals surface area contributed by atoms with Gasteiger partial charge in [-0.05, 0) is 86.0 Å². The van der Waals surface area contributed by atoms with Crippen molar-refractivity contribution >= 4 is 11.8 Å². The molecule has 0 radical (unpaired) electrons. The zero-order chi connectivity index (χ0) is 21.2. The van der Waals surface area contributed by atoms with E-state index in [-0.39, 0.29) is 29.0 Å². The van der Waals surface area contributed by atoms with Crippen LogP contribution in [0, 0.1) is 40.4 Å². The lowest BCUT2D eigenvalue weighted by Crippen LogP contribution is -2.65. The van der Waals surface area contributed by atoms with Gasteiger partial charge in [-0.25, -0.2) is 0 Å². The first kappa shape index (κ1) is 21.1. The molecule has 0 heterocycles. The second-order valence-electron chi connectivity index (χ2n) is 11.3. The van der Waals surface area contributed by atoms with E-state index in [0.717, 1.165) is 44.9 Å². The summed E-state index contributed by atoms with van der Waals surface area (Å²) in [5.41, 5.74) is 0.381. The normalized spacial score (nSPS) is 47.6. The Morgan fingerprint density at radius 1 is 1.24 bits per heavy atom. The molecule has 2 N–H and O–H groups in total. The molecule has 0 bridgehead atoms. The molecule has 4 heteroatoms. The van der Waals surface area contributed by atoms with Crippen LogP contribution in [0.15, 0.2) is 11.6 Å². The van der Waals surface area contributed by atoms with Crippen molar-refractivity contribution < 1.29 is 19.8 Å². The highest BCUT2D eigenvalue weighted by Crippen LogP contribution is 2.70. The molecule has 0 spiro atoms. The van der Waals surface area contributed by atoms with Gasteiger partial charge in [-0.2, -0.15) is 0 Å². The Labute approximate surface area is 175 Å². The van der Waals surface area contributed by atoms with Crippen molar-refractivity contribution in [3.8, 4) is 0 Å². The van der Waals surface area contributed by atoms with Gasteiger partial charge in [-0.15, -0.1) is 0 Å². The minimum atomic E-state index is -0.722. The van der Waals surface area contributed by atoms with Crippen LogP contribution >= 0.6 is 0 Å². The number of carbonyl (C=O) groups is 2. The van der Waals surface area contributed by atoms with E-state index in [4.69, 9.17) is 5.11 Å². The van der Waals surface area contributed by atoms with Crippen LogP contribution in [-0.4, -0.2) is 27.6 Å². The summed E-state index contributed by atoms with van der Waals surface area (Å²) in [6.07, 6.45) is 9.23. The third-order valence-electron chi connectivity index (χ3n) is 10.0. The van der Waals surface area contributed by atoms with Crippen LogP contribution in [0.2, 0.25) is 0 Å². The van der Waals surface area contributed by atoms with Gasteiger partial charge >= 0.3 is 5.97 Å². The predicted octanol–water partition coefficient (Wildman–Crippen LogP) is 5.00. The van der Waals surface area contributed by atoms with Crippen LogP contribution in [0.3, 0.4) is 0 Å². The van der Waals surface area contributed by atoms with Gasteiger partial charge in [-0.1, -0.05) is 33.3 Å². The fraction of sp³-hybridized carbons (Fsp3) is 0.840.